The molecule has 1 atom stereocenters. The van der Waals surface area contributed by atoms with Gasteiger partial charge >= 0.3 is 5.63 Å². The number of aryl methyl sites for hydroxylation is 1. The number of anilines is 3. The minimum atomic E-state index is -1.17. The van der Waals surface area contributed by atoms with E-state index in [0.717, 1.165) is 5.56 Å². The van der Waals surface area contributed by atoms with Gasteiger partial charge in [0.1, 0.15) is 17.2 Å². The molecule has 3 aromatic carbocycles. The largest absolute Gasteiger partial charge is 0.422 e. The fraction of sp³-hybridized carbons (Fsp3) is 0.111. The average molecular weight is 467 g/mol. The second-order valence-electron chi connectivity index (χ2n) is 8.30. The van der Waals surface area contributed by atoms with Crippen LogP contribution >= 0.6 is 0 Å². The molecule has 3 amide bonds. The van der Waals surface area contributed by atoms with E-state index >= 15 is 0 Å². The van der Waals surface area contributed by atoms with Crippen molar-refractivity contribution in [2.45, 2.75) is 19.4 Å². The van der Waals surface area contributed by atoms with Gasteiger partial charge in [-0.3, -0.25) is 19.3 Å². The molecule has 0 aliphatic carbocycles. The second-order valence-corrected chi connectivity index (χ2v) is 8.30. The third kappa shape index (κ3) is 4.29. The molecule has 0 spiro atoms. The number of hydrogen-bond donors (Lipinski definition) is 2. The predicted octanol–water partition coefficient (Wildman–Crippen LogP) is 4.10. The van der Waals surface area contributed by atoms with Crippen LogP contribution in [0.15, 0.2) is 88.1 Å². The first-order chi connectivity index (χ1) is 16.9. The van der Waals surface area contributed by atoms with E-state index in [-0.39, 0.29) is 12.0 Å². The number of fused-ring (bicyclic) bond motifs is 2. The number of nitrogens with one attached hydrogen (secondary N) is 2. The highest BCUT2D eigenvalue weighted by Crippen LogP contribution is 2.34. The molecule has 1 aliphatic rings. The summed E-state index contributed by atoms with van der Waals surface area (Å²) in [7, 11) is 0. The summed E-state index contributed by atoms with van der Waals surface area (Å²) in [6, 6.07) is 21.1. The number of para-hydroxylation sites is 3. The van der Waals surface area contributed by atoms with Crippen molar-refractivity contribution in [3.8, 4) is 0 Å². The molecule has 2 N–H and O–H groups in total. The summed E-state index contributed by atoms with van der Waals surface area (Å²) in [5.41, 5.74) is 1.71. The SMILES string of the molecule is Cc1ccc(NC(=O)CC2C(=O)Nc3ccccc3N2C(=O)c2cc3ccccc3oc2=O)cc1. The normalized spacial score (nSPS) is 14.8. The summed E-state index contributed by atoms with van der Waals surface area (Å²) in [4.78, 5) is 53.5. The summed E-state index contributed by atoms with van der Waals surface area (Å²) in [6.07, 6.45) is -0.307. The summed E-state index contributed by atoms with van der Waals surface area (Å²) >= 11 is 0. The van der Waals surface area contributed by atoms with Crippen molar-refractivity contribution in [2.24, 2.45) is 0 Å². The minimum Gasteiger partial charge on any atom is -0.422 e. The van der Waals surface area contributed by atoms with E-state index in [2.05, 4.69) is 10.6 Å². The van der Waals surface area contributed by atoms with Gasteiger partial charge in [-0.2, -0.15) is 0 Å². The molecule has 1 aromatic heterocycles. The van der Waals surface area contributed by atoms with Crippen molar-refractivity contribution in [1.82, 2.24) is 0 Å². The third-order valence-corrected chi connectivity index (χ3v) is 5.84. The molecule has 0 saturated carbocycles. The fourth-order valence-corrected chi connectivity index (χ4v) is 4.09. The van der Waals surface area contributed by atoms with E-state index in [0.29, 0.717) is 28.0 Å². The highest BCUT2D eigenvalue weighted by molar-refractivity contribution is 6.18. The number of nitrogens with zero attached hydrogens (tertiary/aromatic N) is 1. The van der Waals surface area contributed by atoms with E-state index in [9.17, 15) is 19.2 Å². The van der Waals surface area contributed by atoms with Crippen LogP contribution in [0.4, 0.5) is 17.1 Å². The lowest BCUT2D eigenvalue weighted by atomic mass is 10.0. The van der Waals surface area contributed by atoms with Crippen LogP contribution in [0.5, 0.6) is 0 Å². The quantitative estimate of drug-likeness (QED) is 0.440. The summed E-state index contributed by atoms with van der Waals surface area (Å²) in [6.45, 7) is 1.93. The highest BCUT2D eigenvalue weighted by atomic mass is 16.4. The van der Waals surface area contributed by atoms with Crippen LogP contribution < -0.4 is 21.2 Å². The van der Waals surface area contributed by atoms with Gasteiger partial charge in [-0.25, -0.2) is 4.79 Å². The van der Waals surface area contributed by atoms with Gasteiger partial charge in [0, 0.05) is 11.1 Å². The van der Waals surface area contributed by atoms with Gasteiger partial charge in [0.25, 0.3) is 5.91 Å². The maximum Gasteiger partial charge on any atom is 0.349 e. The van der Waals surface area contributed by atoms with Crippen LogP contribution in [0, 0.1) is 6.92 Å². The lowest BCUT2D eigenvalue weighted by Crippen LogP contribution is -2.53. The fourth-order valence-electron chi connectivity index (χ4n) is 4.09. The Morgan fingerprint density at radius 1 is 0.971 bits per heavy atom. The first-order valence-electron chi connectivity index (χ1n) is 11.0. The smallest absolute Gasteiger partial charge is 0.349 e. The van der Waals surface area contributed by atoms with Crippen LogP contribution in [-0.4, -0.2) is 23.8 Å². The number of benzene rings is 3. The van der Waals surface area contributed by atoms with Crippen molar-refractivity contribution in [2.75, 3.05) is 15.5 Å². The molecule has 8 nitrogen and oxygen atoms in total. The van der Waals surface area contributed by atoms with E-state index in [1.54, 1.807) is 60.7 Å². The molecule has 5 rings (SSSR count). The molecule has 0 radical (unpaired) electrons. The Kier molecular flexibility index (Phi) is 5.62. The molecule has 35 heavy (non-hydrogen) atoms. The van der Waals surface area contributed by atoms with Crippen molar-refractivity contribution >= 4 is 45.8 Å². The van der Waals surface area contributed by atoms with Crippen molar-refractivity contribution < 1.29 is 18.8 Å². The minimum absolute atomic E-state index is 0.225. The lowest BCUT2D eigenvalue weighted by Gasteiger charge is -2.36. The molecule has 0 fully saturated rings. The van der Waals surface area contributed by atoms with Gasteiger partial charge < -0.3 is 15.1 Å². The van der Waals surface area contributed by atoms with Crippen molar-refractivity contribution in [3.05, 3.63) is 100 Å². The number of rotatable bonds is 4. The zero-order valence-electron chi connectivity index (χ0n) is 18.8. The van der Waals surface area contributed by atoms with Crippen molar-refractivity contribution in [1.29, 1.82) is 0 Å². The van der Waals surface area contributed by atoms with Crippen LogP contribution in [0.2, 0.25) is 0 Å². The predicted molar refractivity (Wildman–Crippen MR) is 133 cm³/mol. The molecule has 174 valence electrons. The van der Waals surface area contributed by atoms with Crippen LogP contribution in [0.3, 0.4) is 0 Å². The summed E-state index contributed by atoms with van der Waals surface area (Å²) in [5, 5.41) is 6.08. The van der Waals surface area contributed by atoms with Gasteiger partial charge in [-0.1, -0.05) is 48.0 Å². The van der Waals surface area contributed by atoms with Crippen LogP contribution in [0.25, 0.3) is 11.0 Å². The highest BCUT2D eigenvalue weighted by Gasteiger charge is 2.39. The topological polar surface area (TPSA) is 109 Å². The molecule has 1 unspecified atom stereocenters. The van der Waals surface area contributed by atoms with Gasteiger partial charge in [0.05, 0.1) is 17.8 Å². The number of carbonyl (C=O) groups is 3. The summed E-state index contributed by atoms with van der Waals surface area (Å²) < 4.78 is 5.34. The second kappa shape index (κ2) is 8.90. The van der Waals surface area contributed by atoms with Gasteiger partial charge in [-0.05, 0) is 43.3 Å². The van der Waals surface area contributed by atoms with E-state index in [1.807, 2.05) is 19.1 Å². The van der Waals surface area contributed by atoms with Crippen LogP contribution in [-0.2, 0) is 9.59 Å². The van der Waals surface area contributed by atoms with E-state index in [1.165, 1.54) is 11.0 Å². The number of carbonyl (C=O) groups excluding carboxylic acids is 3. The average Bonchev–Trinajstić information content (AvgIpc) is 2.85. The van der Waals surface area contributed by atoms with Gasteiger partial charge in [0.2, 0.25) is 11.8 Å². The zero-order valence-corrected chi connectivity index (χ0v) is 18.8. The molecule has 0 bridgehead atoms. The Labute approximate surface area is 200 Å². The third-order valence-electron chi connectivity index (χ3n) is 5.84. The first-order valence-corrected chi connectivity index (χ1v) is 11.0. The van der Waals surface area contributed by atoms with Crippen LogP contribution in [0.1, 0.15) is 22.3 Å². The van der Waals surface area contributed by atoms with Crippen molar-refractivity contribution in [3.63, 3.8) is 0 Å². The Morgan fingerprint density at radius 3 is 2.49 bits per heavy atom. The molecule has 2 heterocycles. The number of hydrogen-bond acceptors (Lipinski definition) is 5. The zero-order chi connectivity index (χ0) is 24.5. The molecule has 8 heteroatoms. The maximum atomic E-state index is 13.7. The molecular formula is C27H21N3O5. The molecule has 0 saturated heterocycles. The monoisotopic (exact) mass is 467 g/mol. The van der Waals surface area contributed by atoms with Gasteiger partial charge in [-0.15, -0.1) is 0 Å². The van der Waals surface area contributed by atoms with E-state index < -0.39 is 29.4 Å². The molecular weight excluding hydrogens is 446 g/mol. The first kappa shape index (κ1) is 22.1. The lowest BCUT2D eigenvalue weighted by molar-refractivity contribution is -0.122. The van der Waals surface area contributed by atoms with E-state index in [4.69, 9.17) is 4.42 Å². The number of amides is 3. The Hall–Kier alpha value is -4.72. The Morgan fingerprint density at radius 2 is 1.69 bits per heavy atom. The Balaban J connectivity index is 1.52. The Bertz CT molecular complexity index is 1520. The molecule has 1 aliphatic heterocycles. The molecule has 4 aromatic rings. The summed E-state index contributed by atoms with van der Waals surface area (Å²) in [5.74, 6) is -1.70. The maximum absolute atomic E-state index is 13.7. The standard InChI is InChI=1S/C27H21N3O5/c1-16-10-12-18(13-11-16)28-24(31)15-22-25(32)29-20-7-3-4-8-21(20)30(22)26(33)19-14-17-6-2-5-9-23(17)35-27(19)34/h2-14,22H,15H2,1H3,(H,28,31)(H,29,32). The van der Waals surface area contributed by atoms with Gasteiger partial charge in [0.15, 0.2) is 0 Å².